The second-order valence-corrected chi connectivity index (χ2v) is 7.07. The molecule has 1 amide bonds. The number of halogens is 4. The van der Waals surface area contributed by atoms with Crippen LogP contribution in [0, 0.1) is 11.6 Å². The van der Waals surface area contributed by atoms with E-state index in [1.807, 2.05) is 6.92 Å². The maximum absolute atomic E-state index is 13.6. The Morgan fingerprint density at radius 3 is 2.33 bits per heavy atom. The molecular formula is C12H13Cl2F2NO3S. The number of nitrogens with zero attached hydrogens (tertiary/aromatic N) is 1. The van der Waals surface area contributed by atoms with E-state index in [0.29, 0.717) is 25.6 Å². The quantitative estimate of drug-likeness (QED) is 0.597. The maximum Gasteiger partial charge on any atom is 0.265 e. The molecule has 1 aromatic carbocycles. The normalized spacial score (nSPS) is 11.5. The first-order chi connectivity index (χ1) is 9.65. The standard InChI is InChI=1S/C12H13Cl2F2NO3S/c1-3-5-17(4-2)12(18)7-6-8(15)10(16)11(9(7)13)21(14,19)20/h6H,3-5H2,1-2H3. The zero-order chi connectivity index (χ0) is 16.4. The molecule has 0 saturated heterocycles. The number of hydrogen-bond donors (Lipinski definition) is 0. The van der Waals surface area contributed by atoms with E-state index in [4.69, 9.17) is 22.3 Å². The lowest BCUT2D eigenvalue weighted by molar-refractivity contribution is 0.0763. The zero-order valence-electron chi connectivity index (χ0n) is 11.3. The lowest BCUT2D eigenvalue weighted by Crippen LogP contribution is -2.32. The van der Waals surface area contributed by atoms with Crippen molar-refractivity contribution in [2.45, 2.75) is 25.2 Å². The number of hydrogen-bond acceptors (Lipinski definition) is 3. The van der Waals surface area contributed by atoms with Gasteiger partial charge >= 0.3 is 0 Å². The Morgan fingerprint density at radius 1 is 1.33 bits per heavy atom. The van der Waals surface area contributed by atoms with Gasteiger partial charge in [0, 0.05) is 23.8 Å². The molecule has 0 fully saturated rings. The highest BCUT2D eigenvalue weighted by Crippen LogP contribution is 2.33. The van der Waals surface area contributed by atoms with E-state index < -0.39 is 42.1 Å². The van der Waals surface area contributed by atoms with Crippen molar-refractivity contribution < 1.29 is 22.0 Å². The predicted molar refractivity (Wildman–Crippen MR) is 76.3 cm³/mol. The smallest absolute Gasteiger partial charge is 0.265 e. The molecule has 9 heteroatoms. The Kier molecular flexibility index (Phi) is 5.95. The summed E-state index contributed by atoms with van der Waals surface area (Å²) in [6, 6.07) is 0.573. The summed E-state index contributed by atoms with van der Waals surface area (Å²) in [5.41, 5.74) is -0.440. The summed E-state index contributed by atoms with van der Waals surface area (Å²) >= 11 is 5.75. The van der Waals surface area contributed by atoms with Crippen LogP contribution in [0.3, 0.4) is 0 Å². The van der Waals surface area contributed by atoms with Crippen LogP contribution >= 0.6 is 22.3 Å². The molecule has 0 aliphatic carbocycles. The first-order valence-corrected chi connectivity index (χ1v) is 8.75. The van der Waals surface area contributed by atoms with Gasteiger partial charge in [0.05, 0.1) is 10.6 Å². The monoisotopic (exact) mass is 359 g/mol. The van der Waals surface area contributed by atoms with Gasteiger partial charge in [-0.05, 0) is 19.4 Å². The van der Waals surface area contributed by atoms with Crippen molar-refractivity contribution in [3.8, 4) is 0 Å². The molecule has 0 spiro atoms. The predicted octanol–water partition coefficient (Wildman–Crippen LogP) is 3.42. The SMILES string of the molecule is CCCN(CC)C(=O)c1cc(F)c(F)c(S(=O)(=O)Cl)c1Cl. The molecule has 0 aromatic heterocycles. The molecule has 1 rings (SSSR count). The van der Waals surface area contributed by atoms with Crippen LogP contribution in [0.25, 0.3) is 0 Å². The van der Waals surface area contributed by atoms with E-state index in [2.05, 4.69) is 0 Å². The van der Waals surface area contributed by atoms with Gasteiger partial charge in [-0.25, -0.2) is 17.2 Å². The van der Waals surface area contributed by atoms with Crippen LogP contribution in [-0.2, 0) is 9.05 Å². The Hall–Kier alpha value is -0.920. The van der Waals surface area contributed by atoms with E-state index in [1.54, 1.807) is 6.92 Å². The summed E-state index contributed by atoms with van der Waals surface area (Å²) in [6.45, 7) is 4.20. The number of amides is 1. The number of rotatable bonds is 5. The molecule has 0 radical (unpaired) electrons. The number of benzene rings is 1. The fourth-order valence-electron chi connectivity index (χ4n) is 1.79. The first kappa shape index (κ1) is 18.1. The molecule has 4 nitrogen and oxygen atoms in total. The highest BCUT2D eigenvalue weighted by atomic mass is 35.7. The third-order valence-electron chi connectivity index (χ3n) is 2.75. The third-order valence-corrected chi connectivity index (χ3v) is 4.59. The molecule has 0 N–H and O–H groups in total. The average molecular weight is 360 g/mol. The van der Waals surface area contributed by atoms with Crippen LogP contribution in [0.5, 0.6) is 0 Å². The highest BCUT2D eigenvalue weighted by molar-refractivity contribution is 8.13. The topological polar surface area (TPSA) is 54.5 Å². The lowest BCUT2D eigenvalue weighted by atomic mass is 10.1. The van der Waals surface area contributed by atoms with Crippen LogP contribution in [0.1, 0.15) is 30.6 Å². The second kappa shape index (κ2) is 6.89. The summed E-state index contributed by atoms with van der Waals surface area (Å²) in [5.74, 6) is -3.90. The van der Waals surface area contributed by atoms with Crippen LogP contribution < -0.4 is 0 Å². The Bertz CT molecular complexity index is 665. The Balaban J connectivity index is 3.53. The number of carbonyl (C=O) groups is 1. The largest absolute Gasteiger partial charge is 0.339 e. The third kappa shape index (κ3) is 3.84. The lowest BCUT2D eigenvalue weighted by Gasteiger charge is -2.21. The average Bonchev–Trinajstić information content (AvgIpc) is 2.38. The Labute approximate surface area is 131 Å². The van der Waals surface area contributed by atoms with Crippen molar-refractivity contribution in [3.05, 3.63) is 28.3 Å². The van der Waals surface area contributed by atoms with E-state index in [1.165, 1.54) is 4.90 Å². The van der Waals surface area contributed by atoms with Gasteiger partial charge in [-0.1, -0.05) is 18.5 Å². The zero-order valence-corrected chi connectivity index (χ0v) is 13.6. The minimum Gasteiger partial charge on any atom is -0.339 e. The van der Waals surface area contributed by atoms with Crippen LogP contribution in [0.4, 0.5) is 8.78 Å². The van der Waals surface area contributed by atoms with Crippen LogP contribution in [0.15, 0.2) is 11.0 Å². The minimum absolute atomic E-state index is 0.310. The van der Waals surface area contributed by atoms with Crippen molar-refractivity contribution in [2.75, 3.05) is 13.1 Å². The van der Waals surface area contributed by atoms with E-state index in [0.717, 1.165) is 0 Å². The summed E-state index contributed by atoms with van der Waals surface area (Å²) < 4.78 is 49.8. The van der Waals surface area contributed by atoms with Gasteiger partial charge in [-0.2, -0.15) is 0 Å². The highest BCUT2D eigenvalue weighted by Gasteiger charge is 2.30. The molecule has 0 aliphatic heterocycles. The maximum atomic E-state index is 13.6. The van der Waals surface area contributed by atoms with Gasteiger partial charge in [0.15, 0.2) is 11.6 Å². The molecule has 0 bridgehead atoms. The van der Waals surface area contributed by atoms with Crippen molar-refractivity contribution in [1.29, 1.82) is 0 Å². The van der Waals surface area contributed by atoms with Gasteiger partial charge in [-0.3, -0.25) is 4.79 Å². The second-order valence-electron chi connectivity index (χ2n) is 4.19. The van der Waals surface area contributed by atoms with Gasteiger partial charge in [0.1, 0.15) is 4.90 Å². The fourth-order valence-corrected chi connectivity index (χ4v) is 3.51. The van der Waals surface area contributed by atoms with E-state index in [-0.39, 0.29) is 0 Å². The summed E-state index contributed by atoms with van der Waals surface area (Å²) in [6.07, 6.45) is 0.640. The molecule has 1 aromatic rings. The summed E-state index contributed by atoms with van der Waals surface area (Å²) in [4.78, 5) is 12.4. The molecule has 0 heterocycles. The molecule has 0 unspecified atom stereocenters. The van der Waals surface area contributed by atoms with Gasteiger partial charge in [-0.15, -0.1) is 0 Å². The summed E-state index contributed by atoms with van der Waals surface area (Å²) in [7, 11) is 0.416. The van der Waals surface area contributed by atoms with Gasteiger partial charge in [0.2, 0.25) is 0 Å². The number of carbonyl (C=O) groups excluding carboxylic acids is 1. The summed E-state index contributed by atoms with van der Waals surface area (Å²) in [5, 5.41) is -0.719. The van der Waals surface area contributed by atoms with Crippen molar-refractivity contribution in [3.63, 3.8) is 0 Å². The van der Waals surface area contributed by atoms with E-state index >= 15 is 0 Å². The van der Waals surface area contributed by atoms with Crippen LogP contribution in [-0.4, -0.2) is 32.3 Å². The molecule has 0 aliphatic rings. The molecule has 0 atom stereocenters. The molecular weight excluding hydrogens is 347 g/mol. The van der Waals surface area contributed by atoms with Gasteiger partial charge < -0.3 is 4.90 Å². The van der Waals surface area contributed by atoms with E-state index in [9.17, 15) is 22.0 Å². The van der Waals surface area contributed by atoms with Crippen molar-refractivity contribution in [1.82, 2.24) is 4.90 Å². The molecule has 118 valence electrons. The van der Waals surface area contributed by atoms with Gasteiger partial charge in [0.25, 0.3) is 15.0 Å². The van der Waals surface area contributed by atoms with Crippen molar-refractivity contribution in [2.24, 2.45) is 0 Å². The van der Waals surface area contributed by atoms with Crippen LogP contribution in [0.2, 0.25) is 5.02 Å². The first-order valence-electron chi connectivity index (χ1n) is 6.06. The van der Waals surface area contributed by atoms with Crippen molar-refractivity contribution >= 4 is 37.2 Å². The molecule has 0 saturated carbocycles. The Morgan fingerprint density at radius 2 is 1.90 bits per heavy atom. The minimum atomic E-state index is -4.63. The fraction of sp³-hybridized carbons (Fsp3) is 0.417. The molecule has 21 heavy (non-hydrogen) atoms.